The van der Waals surface area contributed by atoms with Gasteiger partial charge in [-0.2, -0.15) is 0 Å². The van der Waals surface area contributed by atoms with Gasteiger partial charge in [-0.15, -0.1) is 0 Å². The number of carboxylic acid groups (broad SMARTS) is 1. The molecule has 9 heteroatoms. The fraction of sp³-hybridized carbons (Fsp3) is 0.278. The molecule has 2 aromatic rings. The van der Waals surface area contributed by atoms with E-state index in [0.717, 1.165) is 0 Å². The van der Waals surface area contributed by atoms with Crippen molar-refractivity contribution in [3.63, 3.8) is 0 Å². The Balaban J connectivity index is 1.68. The first kappa shape index (κ1) is 17.5. The van der Waals surface area contributed by atoms with E-state index in [0.29, 0.717) is 28.7 Å². The summed E-state index contributed by atoms with van der Waals surface area (Å²) < 4.78 is 0. The lowest BCUT2D eigenvalue weighted by molar-refractivity contribution is 0.0977. The average molecular weight is 383 g/mol. The number of carbonyl (C=O) groups is 2. The minimum absolute atomic E-state index is 0.0346. The molecule has 1 aromatic carbocycles. The number of thioether (sulfide) groups is 1. The number of fused-ring (bicyclic) bond motifs is 1. The molecule has 0 saturated carbocycles. The smallest absolute Gasteiger partial charge is 0.407 e. The van der Waals surface area contributed by atoms with Gasteiger partial charge < -0.3 is 15.3 Å². The fourth-order valence-corrected chi connectivity index (χ4v) is 4.58. The maximum absolute atomic E-state index is 12.5. The number of carbonyl (C=O) groups excluding carboxylic acids is 1. The predicted octanol–water partition coefficient (Wildman–Crippen LogP) is 1.81. The molecular formula is C18H17N5O3S. The summed E-state index contributed by atoms with van der Waals surface area (Å²) in [6.07, 6.45) is 3.78. The van der Waals surface area contributed by atoms with Crippen LogP contribution in [0.25, 0.3) is 0 Å². The van der Waals surface area contributed by atoms with Crippen LogP contribution in [0.1, 0.15) is 16.1 Å². The predicted molar refractivity (Wildman–Crippen MR) is 101 cm³/mol. The summed E-state index contributed by atoms with van der Waals surface area (Å²) in [7, 11) is 0. The number of nitrogens with zero attached hydrogens (tertiary/aromatic N) is 4. The van der Waals surface area contributed by atoms with E-state index in [1.807, 2.05) is 6.07 Å². The van der Waals surface area contributed by atoms with Gasteiger partial charge in [0.05, 0.1) is 18.4 Å². The molecule has 2 aliphatic heterocycles. The molecule has 2 atom stereocenters. The molecule has 2 N–H and O–H groups in total. The van der Waals surface area contributed by atoms with E-state index in [1.54, 1.807) is 42.9 Å². The number of aliphatic imine (C=N–C) groups is 1. The molecular weight excluding hydrogens is 366 g/mol. The SMILES string of the molecule is O=C(NC1=NC2(c3cnccn3)CN(C(=O)O)C[C@H]2CS1)c1ccccc1. The Morgan fingerprint density at radius 3 is 2.78 bits per heavy atom. The van der Waals surface area contributed by atoms with Gasteiger partial charge in [0, 0.05) is 36.2 Å². The number of rotatable bonds is 2. The van der Waals surface area contributed by atoms with Crippen LogP contribution in [0.4, 0.5) is 4.79 Å². The number of amidine groups is 1. The Kier molecular flexibility index (Phi) is 4.53. The number of hydrogen-bond acceptors (Lipinski definition) is 6. The van der Waals surface area contributed by atoms with E-state index in [-0.39, 0.29) is 18.4 Å². The number of benzene rings is 1. The fourth-order valence-electron chi connectivity index (χ4n) is 3.45. The quantitative estimate of drug-likeness (QED) is 0.819. The van der Waals surface area contributed by atoms with Crippen LogP contribution in [-0.4, -0.2) is 56.0 Å². The van der Waals surface area contributed by atoms with E-state index in [1.165, 1.54) is 16.7 Å². The Morgan fingerprint density at radius 2 is 2.07 bits per heavy atom. The first-order valence-corrected chi connectivity index (χ1v) is 9.40. The van der Waals surface area contributed by atoms with Gasteiger partial charge in [-0.25, -0.2) is 9.79 Å². The normalized spacial score (nSPS) is 24.1. The highest BCUT2D eigenvalue weighted by atomic mass is 32.2. The monoisotopic (exact) mass is 383 g/mol. The van der Waals surface area contributed by atoms with E-state index < -0.39 is 11.6 Å². The third-order valence-electron chi connectivity index (χ3n) is 4.80. The number of nitrogens with one attached hydrogen (secondary N) is 1. The van der Waals surface area contributed by atoms with Crippen molar-refractivity contribution in [1.82, 2.24) is 20.2 Å². The lowest BCUT2D eigenvalue weighted by Crippen LogP contribution is -2.43. The molecule has 2 aliphatic rings. The van der Waals surface area contributed by atoms with E-state index in [9.17, 15) is 14.7 Å². The third-order valence-corrected chi connectivity index (χ3v) is 5.84. The Morgan fingerprint density at radius 1 is 1.26 bits per heavy atom. The summed E-state index contributed by atoms with van der Waals surface area (Å²) in [6, 6.07) is 8.89. The first-order chi connectivity index (χ1) is 13.1. The Bertz CT molecular complexity index is 892. The summed E-state index contributed by atoms with van der Waals surface area (Å²) in [5.41, 5.74) is 0.317. The zero-order valence-electron chi connectivity index (χ0n) is 14.3. The minimum Gasteiger partial charge on any atom is -0.465 e. The maximum atomic E-state index is 12.5. The van der Waals surface area contributed by atoms with Crippen LogP contribution in [0.3, 0.4) is 0 Å². The zero-order chi connectivity index (χ0) is 18.9. The number of hydrogen-bond donors (Lipinski definition) is 2. The summed E-state index contributed by atoms with van der Waals surface area (Å²) in [4.78, 5) is 38.7. The lowest BCUT2D eigenvalue weighted by Gasteiger charge is -2.34. The van der Waals surface area contributed by atoms with Crippen molar-refractivity contribution in [2.75, 3.05) is 18.8 Å². The number of likely N-dealkylation sites (tertiary alicyclic amines) is 1. The highest BCUT2D eigenvalue weighted by molar-refractivity contribution is 8.13. The number of amides is 2. The zero-order valence-corrected chi connectivity index (χ0v) is 15.1. The molecule has 8 nitrogen and oxygen atoms in total. The second-order valence-electron chi connectivity index (χ2n) is 6.42. The molecule has 3 heterocycles. The van der Waals surface area contributed by atoms with Crippen LogP contribution in [0.5, 0.6) is 0 Å². The number of aromatic nitrogens is 2. The molecule has 0 aliphatic carbocycles. The molecule has 0 spiro atoms. The Labute approximate surface area is 159 Å². The summed E-state index contributed by atoms with van der Waals surface area (Å²) >= 11 is 1.42. The van der Waals surface area contributed by atoms with Crippen LogP contribution in [0.15, 0.2) is 53.9 Å². The summed E-state index contributed by atoms with van der Waals surface area (Å²) in [6.45, 7) is 0.569. The van der Waals surface area contributed by atoms with Gasteiger partial charge in [-0.3, -0.25) is 14.8 Å². The second-order valence-corrected chi connectivity index (χ2v) is 7.43. The van der Waals surface area contributed by atoms with Gasteiger partial charge in [0.15, 0.2) is 5.17 Å². The van der Waals surface area contributed by atoms with E-state index in [4.69, 9.17) is 4.99 Å². The summed E-state index contributed by atoms with van der Waals surface area (Å²) in [5.74, 6) is 0.351. The van der Waals surface area contributed by atoms with Gasteiger partial charge >= 0.3 is 6.09 Å². The van der Waals surface area contributed by atoms with Crippen molar-refractivity contribution >= 4 is 28.9 Å². The van der Waals surface area contributed by atoms with Crippen LogP contribution >= 0.6 is 11.8 Å². The molecule has 138 valence electrons. The van der Waals surface area contributed by atoms with Crippen molar-refractivity contribution in [1.29, 1.82) is 0 Å². The highest BCUT2D eigenvalue weighted by Gasteiger charge is 2.52. The molecule has 1 aromatic heterocycles. The topological polar surface area (TPSA) is 108 Å². The van der Waals surface area contributed by atoms with Crippen molar-refractivity contribution in [2.45, 2.75) is 5.54 Å². The molecule has 4 rings (SSSR count). The molecule has 1 saturated heterocycles. The van der Waals surface area contributed by atoms with Crippen LogP contribution < -0.4 is 5.32 Å². The highest BCUT2D eigenvalue weighted by Crippen LogP contribution is 2.44. The lowest BCUT2D eigenvalue weighted by atomic mass is 9.86. The van der Waals surface area contributed by atoms with Gasteiger partial charge in [-0.1, -0.05) is 30.0 Å². The van der Waals surface area contributed by atoms with Crippen molar-refractivity contribution in [2.24, 2.45) is 10.9 Å². The largest absolute Gasteiger partial charge is 0.465 e. The molecule has 2 amide bonds. The first-order valence-electron chi connectivity index (χ1n) is 8.42. The van der Waals surface area contributed by atoms with Crippen LogP contribution in [-0.2, 0) is 5.54 Å². The maximum Gasteiger partial charge on any atom is 0.407 e. The molecule has 1 fully saturated rings. The van der Waals surface area contributed by atoms with E-state index in [2.05, 4.69) is 15.3 Å². The van der Waals surface area contributed by atoms with Gasteiger partial charge in [0.1, 0.15) is 5.54 Å². The molecule has 1 unspecified atom stereocenters. The minimum atomic E-state index is -0.984. The molecule has 27 heavy (non-hydrogen) atoms. The summed E-state index contributed by atoms with van der Waals surface area (Å²) in [5, 5.41) is 12.8. The van der Waals surface area contributed by atoms with E-state index >= 15 is 0 Å². The molecule has 0 bridgehead atoms. The van der Waals surface area contributed by atoms with Gasteiger partial charge in [-0.05, 0) is 12.1 Å². The Hall–Kier alpha value is -2.94. The molecule has 0 radical (unpaired) electrons. The standard InChI is InChI=1S/C18H17N5O3S/c24-15(12-4-2-1-3-5-12)21-16-22-18(14-8-19-6-7-20-14)11-23(17(25)26)9-13(18)10-27-16/h1-8,13H,9-11H2,(H,25,26)(H,21,22,24)/t13-,18?/m0/s1. The van der Waals surface area contributed by atoms with Crippen LogP contribution in [0, 0.1) is 5.92 Å². The van der Waals surface area contributed by atoms with Crippen molar-refractivity contribution in [3.8, 4) is 0 Å². The second kappa shape index (κ2) is 6.99. The third kappa shape index (κ3) is 3.25. The van der Waals surface area contributed by atoms with Gasteiger partial charge in [0.2, 0.25) is 0 Å². The van der Waals surface area contributed by atoms with Crippen LogP contribution in [0.2, 0.25) is 0 Å². The van der Waals surface area contributed by atoms with Gasteiger partial charge in [0.25, 0.3) is 5.91 Å². The van der Waals surface area contributed by atoms with Crippen molar-refractivity contribution in [3.05, 3.63) is 60.2 Å². The average Bonchev–Trinajstić information content (AvgIpc) is 3.10. The van der Waals surface area contributed by atoms with Crippen molar-refractivity contribution < 1.29 is 14.7 Å².